The molecule has 8 nitrogen and oxygen atoms in total. The average molecular weight is 510 g/mol. The van der Waals surface area contributed by atoms with E-state index in [-0.39, 0.29) is 18.3 Å². The van der Waals surface area contributed by atoms with Crippen LogP contribution in [-0.2, 0) is 11.2 Å². The number of ether oxygens (including phenoxy) is 1. The van der Waals surface area contributed by atoms with Crippen LogP contribution in [-0.4, -0.2) is 46.4 Å². The van der Waals surface area contributed by atoms with E-state index in [2.05, 4.69) is 27.2 Å². The third kappa shape index (κ3) is 5.55. The fraction of sp³-hybridized carbons (Fsp3) is 0.172. The topological polar surface area (TPSA) is 89.4 Å². The molecule has 1 aliphatic heterocycles. The van der Waals surface area contributed by atoms with Crippen molar-refractivity contribution in [1.29, 1.82) is 0 Å². The van der Waals surface area contributed by atoms with E-state index in [0.29, 0.717) is 29.1 Å². The van der Waals surface area contributed by atoms with Gasteiger partial charge in [-0.15, -0.1) is 0 Å². The van der Waals surface area contributed by atoms with Crippen LogP contribution in [0.25, 0.3) is 0 Å². The first-order valence-corrected chi connectivity index (χ1v) is 11.9. The number of halogens is 1. The van der Waals surface area contributed by atoms with Crippen LogP contribution in [0.3, 0.4) is 0 Å². The lowest BCUT2D eigenvalue weighted by Gasteiger charge is -2.20. The van der Waals surface area contributed by atoms with Crippen molar-refractivity contribution in [2.24, 2.45) is 0 Å². The predicted octanol–water partition coefficient (Wildman–Crippen LogP) is 3.70. The summed E-state index contributed by atoms with van der Waals surface area (Å²) in [5.41, 5.74) is 4.44. The van der Waals surface area contributed by atoms with E-state index < -0.39 is 12.1 Å². The highest BCUT2D eigenvalue weighted by molar-refractivity contribution is 6.00. The molecular formula is C29H24FN5O3. The molecule has 3 heterocycles. The Hall–Kier alpha value is -4.97. The minimum Gasteiger partial charge on any atom is -0.489 e. The molecule has 0 saturated carbocycles. The highest BCUT2D eigenvalue weighted by Gasteiger charge is 2.31. The maximum atomic E-state index is 13.2. The van der Waals surface area contributed by atoms with Crippen LogP contribution in [0.4, 0.5) is 14.9 Å². The number of pyridine rings is 1. The molecular weight excluding hydrogens is 485 g/mol. The van der Waals surface area contributed by atoms with Gasteiger partial charge in [-0.25, -0.2) is 14.2 Å². The van der Waals surface area contributed by atoms with Gasteiger partial charge in [-0.2, -0.15) is 9.78 Å². The fourth-order valence-corrected chi connectivity index (χ4v) is 4.04. The number of fused-ring (bicyclic) bond motifs is 1. The number of carbonyl (C=O) groups excluding carboxylic acids is 2. The number of aromatic nitrogens is 3. The number of anilines is 1. The van der Waals surface area contributed by atoms with Crippen molar-refractivity contribution in [3.05, 3.63) is 107 Å². The molecule has 0 aliphatic carbocycles. The smallest absolute Gasteiger partial charge is 0.342 e. The van der Waals surface area contributed by atoms with Crippen molar-refractivity contribution in [3.63, 3.8) is 0 Å². The fourth-order valence-electron chi connectivity index (χ4n) is 4.04. The Morgan fingerprint density at radius 1 is 1.13 bits per heavy atom. The third-order valence-electron chi connectivity index (χ3n) is 6.04. The molecule has 0 radical (unpaired) electrons. The first kappa shape index (κ1) is 24.7. The van der Waals surface area contributed by atoms with Gasteiger partial charge in [0.05, 0.1) is 11.9 Å². The van der Waals surface area contributed by atoms with Gasteiger partial charge in [-0.1, -0.05) is 24.1 Å². The van der Waals surface area contributed by atoms with Crippen molar-refractivity contribution in [1.82, 2.24) is 20.1 Å². The number of aryl methyl sites for hydroxylation is 1. The van der Waals surface area contributed by atoms with Crippen molar-refractivity contribution < 1.29 is 18.7 Å². The first-order valence-electron chi connectivity index (χ1n) is 11.9. The van der Waals surface area contributed by atoms with E-state index in [4.69, 9.17) is 4.74 Å². The van der Waals surface area contributed by atoms with Crippen LogP contribution >= 0.6 is 0 Å². The van der Waals surface area contributed by atoms with E-state index in [1.165, 1.54) is 17.0 Å². The van der Waals surface area contributed by atoms with Crippen LogP contribution < -0.4 is 15.0 Å². The standard InChI is InChI=1S/C29H24FN5O3/c1-19-4-3-5-24(32-19)12-8-21-9-13-27-26(15-21)34(2)28(36)25(18-38-27)33-29(37)35-17-22(16-31-35)14-20-6-10-23(30)11-7-20/h3-7,9-11,13,15-17,25H,14,18H2,1-2H3,(H,33,37)/t25-/m1/s1. The molecule has 4 aromatic rings. The maximum Gasteiger partial charge on any atom is 0.342 e. The lowest BCUT2D eigenvalue weighted by Crippen LogP contribution is -2.50. The molecule has 1 atom stereocenters. The number of hydrogen-bond acceptors (Lipinski definition) is 5. The molecule has 0 fully saturated rings. The normalized spacial score (nSPS) is 14.6. The van der Waals surface area contributed by atoms with Crippen molar-refractivity contribution >= 4 is 17.6 Å². The Labute approximate surface area is 219 Å². The first-order chi connectivity index (χ1) is 18.4. The van der Waals surface area contributed by atoms with Crippen molar-refractivity contribution in [2.75, 3.05) is 18.6 Å². The van der Waals surface area contributed by atoms with Crippen LogP contribution in [0.2, 0.25) is 0 Å². The van der Waals surface area contributed by atoms with Gasteiger partial charge in [0.1, 0.15) is 29.9 Å². The van der Waals surface area contributed by atoms with Gasteiger partial charge in [-0.3, -0.25) is 4.79 Å². The molecule has 2 aromatic heterocycles. The van der Waals surface area contributed by atoms with Gasteiger partial charge >= 0.3 is 6.03 Å². The quantitative estimate of drug-likeness (QED) is 0.426. The SMILES string of the molecule is Cc1cccc(C#Cc2ccc3c(c2)N(C)C(=O)[C@H](NC(=O)n2cc(Cc4ccc(F)cc4)cn2)CO3)n1. The summed E-state index contributed by atoms with van der Waals surface area (Å²) in [6.45, 7) is 1.86. The van der Waals surface area contributed by atoms with E-state index >= 15 is 0 Å². The summed E-state index contributed by atoms with van der Waals surface area (Å²) in [5, 5.41) is 6.81. The van der Waals surface area contributed by atoms with Crippen LogP contribution in [0.1, 0.15) is 28.1 Å². The minimum atomic E-state index is -0.921. The highest BCUT2D eigenvalue weighted by atomic mass is 19.1. The van der Waals surface area contributed by atoms with E-state index in [1.807, 2.05) is 31.2 Å². The lowest BCUT2D eigenvalue weighted by molar-refractivity contribution is -0.120. The number of nitrogens with one attached hydrogen (secondary N) is 1. The lowest BCUT2D eigenvalue weighted by atomic mass is 10.1. The molecule has 9 heteroatoms. The van der Waals surface area contributed by atoms with Gasteiger partial charge < -0.3 is 15.0 Å². The monoisotopic (exact) mass is 509 g/mol. The second kappa shape index (κ2) is 10.6. The summed E-state index contributed by atoms with van der Waals surface area (Å²) in [5.74, 6) is 5.98. The van der Waals surface area contributed by atoms with E-state index in [1.54, 1.807) is 43.7 Å². The van der Waals surface area contributed by atoms with Gasteiger partial charge in [-0.05, 0) is 66.4 Å². The number of rotatable bonds is 3. The average Bonchev–Trinajstić information content (AvgIpc) is 3.35. The Balaban J connectivity index is 1.27. The number of hydrogen-bond donors (Lipinski definition) is 1. The molecule has 190 valence electrons. The largest absolute Gasteiger partial charge is 0.489 e. The van der Waals surface area contributed by atoms with E-state index in [9.17, 15) is 14.0 Å². The van der Waals surface area contributed by atoms with Crippen LogP contribution in [0.15, 0.2) is 73.1 Å². The van der Waals surface area contributed by atoms with Crippen molar-refractivity contribution in [3.8, 4) is 17.6 Å². The number of likely N-dealkylation sites (N-methyl/N-ethyl adjacent to an activating group) is 1. The molecule has 1 N–H and O–H groups in total. The number of nitrogens with zero attached hydrogens (tertiary/aromatic N) is 4. The highest BCUT2D eigenvalue weighted by Crippen LogP contribution is 2.31. The number of amides is 2. The maximum absolute atomic E-state index is 13.2. The number of carbonyl (C=O) groups is 2. The molecule has 2 aromatic carbocycles. The summed E-state index contributed by atoms with van der Waals surface area (Å²) in [6.07, 6.45) is 3.63. The molecule has 0 bridgehead atoms. The second-order valence-corrected chi connectivity index (χ2v) is 8.90. The zero-order valence-corrected chi connectivity index (χ0v) is 20.8. The van der Waals surface area contributed by atoms with E-state index in [0.717, 1.165) is 21.5 Å². The minimum absolute atomic E-state index is 0.0378. The van der Waals surface area contributed by atoms with Gasteiger partial charge in [0.15, 0.2) is 0 Å². The van der Waals surface area contributed by atoms with Gasteiger partial charge in [0.25, 0.3) is 5.91 Å². The van der Waals surface area contributed by atoms with Crippen LogP contribution in [0, 0.1) is 24.6 Å². The summed E-state index contributed by atoms with van der Waals surface area (Å²) in [7, 11) is 1.63. The summed E-state index contributed by atoms with van der Waals surface area (Å²) in [4.78, 5) is 31.9. The molecule has 0 unspecified atom stereocenters. The molecule has 38 heavy (non-hydrogen) atoms. The van der Waals surface area contributed by atoms with Gasteiger partial charge in [0, 0.05) is 30.9 Å². The summed E-state index contributed by atoms with van der Waals surface area (Å²) in [6, 6.07) is 15.6. The number of benzene rings is 2. The summed E-state index contributed by atoms with van der Waals surface area (Å²) >= 11 is 0. The zero-order chi connectivity index (χ0) is 26.6. The second-order valence-electron chi connectivity index (χ2n) is 8.90. The third-order valence-corrected chi connectivity index (χ3v) is 6.04. The van der Waals surface area contributed by atoms with Gasteiger partial charge in [0.2, 0.25) is 0 Å². The molecule has 0 spiro atoms. The van der Waals surface area contributed by atoms with Crippen LogP contribution in [0.5, 0.6) is 5.75 Å². The zero-order valence-electron chi connectivity index (χ0n) is 20.8. The van der Waals surface area contributed by atoms with Crippen molar-refractivity contribution in [2.45, 2.75) is 19.4 Å². The Bertz CT molecular complexity index is 1570. The molecule has 5 rings (SSSR count). The Kier molecular flexibility index (Phi) is 6.87. The Morgan fingerprint density at radius 3 is 2.74 bits per heavy atom. The molecule has 2 amide bonds. The summed E-state index contributed by atoms with van der Waals surface area (Å²) < 4.78 is 20.1. The Morgan fingerprint density at radius 2 is 1.95 bits per heavy atom. The molecule has 1 aliphatic rings. The predicted molar refractivity (Wildman–Crippen MR) is 139 cm³/mol. The molecule has 0 saturated heterocycles.